The fourth-order valence-corrected chi connectivity index (χ4v) is 2.88. The van der Waals surface area contributed by atoms with Gasteiger partial charge in [-0.05, 0) is 47.4 Å². The highest BCUT2D eigenvalue weighted by Crippen LogP contribution is 2.24. The van der Waals surface area contributed by atoms with Crippen LogP contribution in [0.5, 0.6) is 0 Å². The number of aromatic nitrogens is 1. The van der Waals surface area contributed by atoms with Crippen molar-refractivity contribution in [3.63, 3.8) is 0 Å². The van der Waals surface area contributed by atoms with Crippen molar-refractivity contribution in [3.8, 4) is 0 Å². The van der Waals surface area contributed by atoms with E-state index in [9.17, 15) is 4.79 Å². The molecule has 1 aliphatic heterocycles. The van der Waals surface area contributed by atoms with E-state index in [-0.39, 0.29) is 11.9 Å². The van der Waals surface area contributed by atoms with Crippen molar-refractivity contribution in [1.82, 2.24) is 10.3 Å². The number of halogens is 1. The van der Waals surface area contributed by atoms with Crippen molar-refractivity contribution in [2.75, 3.05) is 11.9 Å². The average molecular weight is 334 g/mol. The van der Waals surface area contributed by atoms with E-state index in [2.05, 4.69) is 31.5 Å². The first-order valence-corrected chi connectivity index (χ1v) is 7.62. The smallest absolute Gasteiger partial charge is 0.241 e. The average Bonchev–Trinajstić information content (AvgIpc) is 2.48. The SMILES string of the molecule is O=C(Nc1cccc2cc(Br)cnc12)C1CCCCN1. The first-order chi connectivity index (χ1) is 9.74. The van der Waals surface area contributed by atoms with Crippen LogP contribution in [-0.4, -0.2) is 23.5 Å². The number of fused-ring (bicyclic) bond motifs is 1. The Balaban J connectivity index is 1.85. The van der Waals surface area contributed by atoms with Crippen molar-refractivity contribution in [2.45, 2.75) is 25.3 Å². The number of piperidine rings is 1. The minimum absolute atomic E-state index is 0.0296. The number of carbonyl (C=O) groups excluding carboxylic acids is 1. The number of carbonyl (C=O) groups is 1. The van der Waals surface area contributed by atoms with Gasteiger partial charge in [0.1, 0.15) is 0 Å². The van der Waals surface area contributed by atoms with Gasteiger partial charge in [0.25, 0.3) is 0 Å². The molecule has 1 saturated heterocycles. The Morgan fingerprint density at radius 1 is 1.40 bits per heavy atom. The van der Waals surface area contributed by atoms with Crippen LogP contribution in [0.1, 0.15) is 19.3 Å². The summed E-state index contributed by atoms with van der Waals surface area (Å²) in [4.78, 5) is 16.7. The van der Waals surface area contributed by atoms with E-state index in [4.69, 9.17) is 0 Å². The summed E-state index contributed by atoms with van der Waals surface area (Å²) in [5.74, 6) is 0.0296. The second-order valence-electron chi connectivity index (χ2n) is 5.02. The molecule has 2 heterocycles. The van der Waals surface area contributed by atoms with E-state index >= 15 is 0 Å². The number of rotatable bonds is 2. The number of hydrogen-bond donors (Lipinski definition) is 2. The summed E-state index contributed by atoms with van der Waals surface area (Å²) in [5, 5.41) is 7.26. The lowest BCUT2D eigenvalue weighted by Gasteiger charge is -2.22. The van der Waals surface area contributed by atoms with Crippen molar-refractivity contribution in [1.29, 1.82) is 0 Å². The molecule has 1 amide bonds. The molecule has 0 spiro atoms. The molecule has 4 nitrogen and oxygen atoms in total. The third kappa shape index (κ3) is 2.83. The highest BCUT2D eigenvalue weighted by molar-refractivity contribution is 9.10. The van der Waals surface area contributed by atoms with Crippen LogP contribution in [0.3, 0.4) is 0 Å². The Hall–Kier alpha value is -1.46. The zero-order chi connectivity index (χ0) is 13.9. The highest BCUT2D eigenvalue weighted by Gasteiger charge is 2.21. The Morgan fingerprint density at radius 2 is 2.30 bits per heavy atom. The molecule has 1 atom stereocenters. The molecule has 2 N–H and O–H groups in total. The molecule has 0 aliphatic carbocycles. The van der Waals surface area contributed by atoms with Gasteiger partial charge in [0, 0.05) is 16.1 Å². The third-order valence-corrected chi connectivity index (χ3v) is 4.00. The fraction of sp³-hybridized carbons (Fsp3) is 0.333. The lowest BCUT2D eigenvalue weighted by atomic mass is 10.0. The summed E-state index contributed by atoms with van der Waals surface area (Å²) >= 11 is 3.41. The van der Waals surface area contributed by atoms with Crippen LogP contribution in [0.15, 0.2) is 34.9 Å². The summed E-state index contributed by atoms with van der Waals surface area (Å²) in [7, 11) is 0. The molecular formula is C15H16BrN3O. The molecule has 5 heteroatoms. The van der Waals surface area contributed by atoms with Gasteiger partial charge in [-0.2, -0.15) is 0 Å². The molecule has 0 bridgehead atoms. The number of nitrogens with zero attached hydrogens (tertiary/aromatic N) is 1. The first kappa shape index (κ1) is 13.5. The molecule has 1 aliphatic rings. The van der Waals surface area contributed by atoms with Gasteiger partial charge in [0.15, 0.2) is 0 Å². The van der Waals surface area contributed by atoms with Crippen LogP contribution in [0.25, 0.3) is 10.9 Å². The Morgan fingerprint density at radius 3 is 3.10 bits per heavy atom. The molecule has 0 radical (unpaired) electrons. The lowest BCUT2D eigenvalue weighted by Crippen LogP contribution is -2.43. The molecule has 20 heavy (non-hydrogen) atoms. The Bertz CT molecular complexity index is 638. The largest absolute Gasteiger partial charge is 0.323 e. The standard InChI is InChI=1S/C15H16BrN3O/c16-11-8-10-4-3-6-12(14(10)18-9-11)19-15(20)13-5-1-2-7-17-13/h3-4,6,8-9,13,17H,1-2,5,7H2,(H,19,20). The Labute approximate surface area is 126 Å². The van der Waals surface area contributed by atoms with Gasteiger partial charge in [0.2, 0.25) is 5.91 Å². The number of amides is 1. The van der Waals surface area contributed by atoms with Crippen LogP contribution < -0.4 is 10.6 Å². The summed E-state index contributed by atoms with van der Waals surface area (Å²) in [5.41, 5.74) is 1.59. The number of benzene rings is 1. The molecule has 3 rings (SSSR count). The van der Waals surface area contributed by atoms with Gasteiger partial charge >= 0.3 is 0 Å². The van der Waals surface area contributed by atoms with Gasteiger partial charge in [-0.1, -0.05) is 18.6 Å². The van der Waals surface area contributed by atoms with Crippen molar-refractivity contribution < 1.29 is 4.79 Å². The molecular weight excluding hydrogens is 318 g/mol. The van der Waals surface area contributed by atoms with Crippen LogP contribution >= 0.6 is 15.9 Å². The minimum Gasteiger partial charge on any atom is -0.323 e. The second-order valence-corrected chi connectivity index (χ2v) is 5.94. The monoisotopic (exact) mass is 333 g/mol. The highest BCUT2D eigenvalue weighted by atomic mass is 79.9. The Kier molecular flexibility index (Phi) is 3.98. The number of pyridine rings is 1. The molecule has 0 saturated carbocycles. The van der Waals surface area contributed by atoms with E-state index in [1.165, 1.54) is 0 Å². The van der Waals surface area contributed by atoms with Crippen molar-refractivity contribution >= 4 is 38.4 Å². The van der Waals surface area contributed by atoms with Crippen LogP contribution in [0.4, 0.5) is 5.69 Å². The number of hydrogen-bond acceptors (Lipinski definition) is 3. The van der Waals surface area contributed by atoms with E-state index in [0.717, 1.165) is 46.9 Å². The summed E-state index contributed by atoms with van der Waals surface area (Å²) in [6.07, 6.45) is 4.89. The van der Waals surface area contributed by atoms with Crippen LogP contribution in [0.2, 0.25) is 0 Å². The second kappa shape index (κ2) is 5.89. The number of anilines is 1. The van der Waals surface area contributed by atoms with Crippen molar-refractivity contribution in [2.24, 2.45) is 0 Å². The quantitative estimate of drug-likeness (QED) is 0.887. The maximum absolute atomic E-state index is 12.3. The zero-order valence-corrected chi connectivity index (χ0v) is 12.6. The van der Waals surface area contributed by atoms with Gasteiger partial charge in [-0.3, -0.25) is 9.78 Å². The molecule has 1 aromatic carbocycles. The molecule has 104 valence electrons. The summed E-state index contributed by atoms with van der Waals surface area (Å²) in [6, 6.07) is 7.72. The van der Waals surface area contributed by atoms with Crippen LogP contribution in [0, 0.1) is 0 Å². The molecule has 1 unspecified atom stereocenters. The van der Waals surface area contributed by atoms with Gasteiger partial charge in [-0.15, -0.1) is 0 Å². The number of para-hydroxylation sites is 1. The van der Waals surface area contributed by atoms with Gasteiger partial charge in [0.05, 0.1) is 17.2 Å². The van der Waals surface area contributed by atoms with E-state index in [0.29, 0.717) is 0 Å². The minimum atomic E-state index is -0.0885. The van der Waals surface area contributed by atoms with Gasteiger partial charge < -0.3 is 10.6 Å². The third-order valence-electron chi connectivity index (χ3n) is 3.56. The van der Waals surface area contributed by atoms with Crippen LogP contribution in [-0.2, 0) is 4.79 Å². The lowest BCUT2D eigenvalue weighted by molar-refractivity contribution is -0.118. The topological polar surface area (TPSA) is 54.0 Å². The number of nitrogens with one attached hydrogen (secondary N) is 2. The van der Waals surface area contributed by atoms with Gasteiger partial charge in [-0.25, -0.2) is 0 Å². The zero-order valence-electron chi connectivity index (χ0n) is 11.0. The van der Waals surface area contributed by atoms with E-state index in [1.807, 2.05) is 24.3 Å². The summed E-state index contributed by atoms with van der Waals surface area (Å²) < 4.78 is 0.933. The molecule has 1 aromatic heterocycles. The van der Waals surface area contributed by atoms with E-state index in [1.54, 1.807) is 6.20 Å². The normalized spacial score (nSPS) is 18.9. The van der Waals surface area contributed by atoms with E-state index < -0.39 is 0 Å². The maximum Gasteiger partial charge on any atom is 0.241 e. The van der Waals surface area contributed by atoms with Crippen molar-refractivity contribution in [3.05, 3.63) is 34.9 Å². The molecule has 1 fully saturated rings. The molecule has 2 aromatic rings. The first-order valence-electron chi connectivity index (χ1n) is 6.82. The summed E-state index contributed by atoms with van der Waals surface area (Å²) in [6.45, 7) is 0.915. The predicted molar refractivity (Wildman–Crippen MR) is 83.7 cm³/mol. The maximum atomic E-state index is 12.3. The fourth-order valence-electron chi connectivity index (χ4n) is 2.53. The predicted octanol–water partition coefficient (Wildman–Crippen LogP) is 3.08.